The smallest absolute Gasteiger partial charge is 0.263 e. The van der Waals surface area contributed by atoms with E-state index in [1.807, 2.05) is 47.7 Å². The van der Waals surface area contributed by atoms with Crippen LogP contribution >= 0.6 is 0 Å². The van der Waals surface area contributed by atoms with Gasteiger partial charge in [-0.15, -0.1) is 10.2 Å². The topological polar surface area (TPSA) is 81.3 Å². The molecule has 5 aromatic rings. The average molecular weight is 470 g/mol. The van der Waals surface area contributed by atoms with Crippen LogP contribution < -0.4 is 10.9 Å². The lowest BCUT2D eigenvalue weighted by molar-refractivity contribution is -0.121. The molecule has 2 aromatic heterocycles. The summed E-state index contributed by atoms with van der Waals surface area (Å²) in [4.78, 5) is 25.8. The summed E-state index contributed by atoms with van der Waals surface area (Å²) in [5.74, 6) is 0.545. The molecule has 0 spiro atoms. The summed E-state index contributed by atoms with van der Waals surface area (Å²) in [5.41, 5.74) is 3.46. The number of aromatic nitrogens is 4. The summed E-state index contributed by atoms with van der Waals surface area (Å²) >= 11 is 0. The zero-order valence-corrected chi connectivity index (χ0v) is 19.2. The SMILES string of the molecule is Cc1ccc(CNC(=O)CCc2nnc3n(Cc4ccc(F)cc4)c(=O)c4ccccc4n23)cc1. The summed E-state index contributed by atoms with van der Waals surface area (Å²) in [7, 11) is 0. The molecular formula is C27H24FN5O2. The third-order valence-electron chi connectivity index (χ3n) is 6.01. The van der Waals surface area contributed by atoms with E-state index in [1.165, 1.54) is 22.3 Å². The first kappa shape index (κ1) is 22.5. The van der Waals surface area contributed by atoms with Crippen molar-refractivity contribution in [1.82, 2.24) is 24.5 Å². The molecule has 0 saturated heterocycles. The molecule has 8 heteroatoms. The van der Waals surface area contributed by atoms with Crippen molar-refractivity contribution in [3.63, 3.8) is 0 Å². The second-order valence-corrected chi connectivity index (χ2v) is 8.55. The van der Waals surface area contributed by atoms with Gasteiger partial charge in [0.05, 0.1) is 17.4 Å². The van der Waals surface area contributed by atoms with Gasteiger partial charge in [0.1, 0.15) is 11.6 Å². The van der Waals surface area contributed by atoms with Crippen LogP contribution in [0.2, 0.25) is 0 Å². The fourth-order valence-electron chi connectivity index (χ4n) is 4.11. The fraction of sp³-hybridized carbons (Fsp3) is 0.185. The molecular weight excluding hydrogens is 445 g/mol. The first-order valence-corrected chi connectivity index (χ1v) is 11.4. The Morgan fingerprint density at radius 2 is 1.66 bits per heavy atom. The monoisotopic (exact) mass is 469 g/mol. The number of carbonyl (C=O) groups is 1. The lowest BCUT2D eigenvalue weighted by Crippen LogP contribution is -2.25. The second kappa shape index (κ2) is 9.50. The Bertz CT molecular complexity index is 1570. The Morgan fingerprint density at radius 1 is 0.943 bits per heavy atom. The summed E-state index contributed by atoms with van der Waals surface area (Å²) in [6, 6.07) is 21.3. The van der Waals surface area contributed by atoms with Crippen molar-refractivity contribution in [2.75, 3.05) is 0 Å². The molecule has 0 atom stereocenters. The van der Waals surface area contributed by atoms with Crippen molar-refractivity contribution in [1.29, 1.82) is 0 Å². The number of nitrogens with zero attached hydrogens (tertiary/aromatic N) is 4. The molecule has 176 valence electrons. The average Bonchev–Trinajstić information content (AvgIpc) is 3.30. The number of hydrogen-bond donors (Lipinski definition) is 1. The van der Waals surface area contributed by atoms with Crippen LogP contribution in [-0.2, 0) is 24.3 Å². The molecule has 0 unspecified atom stereocenters. The third-order valence-corrected chi connectivity index (χ3v) is 6.01. The van der Waals surface area contributed by atoms with E-state index in [2.05, 4.69) is 15.5 Å². The van der Waals surface area contributed by atoms with E-state index in [4.69, 9.17) is 0 Å². The zero-order valence-electron chi connectivity index (χ0n) is 19.2. The van der Waals surface area contributed by atoms with Crippen LogP contribution in [0.3, 0.4) is 0 Å². The summed E-state index contributed by atoms with van der Waals surface area (Å²) in [6.07, 6.45) is 0.595. The van der Waals surface area contributed by atoms with E-state index in [9.17, 15) is 14.0 Å². The minimum atomic E-state index is -0.338. The van der Waals surface area contributed by atoms with E-state index < -0.39 is 0 Å². The van der Waals surface area contributed by atoms with Gasteiger partial charge in [0.15, 0.2) is 0 Å². The predicted octanol–water partition coefficient (Wildman–Crippen LogP) is 3.79. The number of amides is 1. The van der Waals surface area contributed by atoms with Gasteiger partial charge in [-0.3, -0.25) is 18.6 Å². The number of fused-ring (bicyclic) bond motifs is 3. The maximum atomic E-state index is 13.4. The Hall–Kier alpha value is -4.33. The lowest BCUT2D eigenvalue weighted by atomic mass is 10.1. The molecule has 0 radical (unpaired) electrons. The van der Waals surface area contributed by atoms with Gasteiger partial charge in [0, 0.05) is 19.4 Å². The summed E-state index contributed by atoms with van der Waals surface area (Å²) in [6.45, 7) is 2.70. The largest absolute Gasteiger partial charge is 0.352 e. The maximum Gasteiger partial charge on any atom is 0.263 e. The van der Waals surface area contributed by atoms with Gasteiger partial charge in [-0.2, -0.15) is 0 Å². The van der Waals surface area contributed by atoms with E-state index in [-0.39, 0.29) is 30.2 Å². The van der Waals surface area contributed by atoms with Crippen LogP contribution in [0.25, 0.3) is 16.7 Å². The second-order valence-electron chi connectivity index (χ2n) is 8.55. The molecule has 0 bridgehead atoms. The molecule has 2 heterocycles. The lowest BCUT2D eigenvalue weighted by Gasteiger charge is -2.12. The van der Waals surface area contributed by atoms with Crippen LogP contribution in [0.5, 0.6) is 0 Å². The molecule has 3 aromatic carbocycles. The van der Waals surface area contributed by atoms with Gasteiger partial charge in [-0.1, -0.05) is 54.1 Å². The van der Waals surface area contributed by atoms with Crippen LogP contribution in [-0.4, -0.2) is 25.1 Å². The van der Waals surface area contributed by atoms with Crippen LogP contribution in [0.4, 0.5) is 4.39 Å². The highest BCUT2D eigenvalue weighted by Crippen LogP contribution is 2.17. The molecule has 7 nitrogen and oxygen atoms in total. The zero-order chi connectivity index (χ0) is 24.4. The van der Waals surface area contributed by atoms with E-state index in [0.717, 1.165) is 11.1 Å². The number of benzene rings is 3. The van der Waals surface area contributed by atoms with Gasteiger partial charge in [0.2, 0.25) is 11.7 Å². The Kier molecular flexibility index (Phi) is 6.10. The Balaban J connectivity index is 1.42. The van der Waals surface area contributed by atoms with E-state index in [1.54, 1.807) is 24.3 Å². The van der Waals surface area contributed by atoms with Gasteiger partial charge in [-0.05, 0) is 42.3 Å². The van der Waals surface area contributed by atoms with Gasteiger partial charge < -0.3 is 5.32 Å². The minimum absolute atomic E-state index is 0.0914. The number of rotatable bonds is 7. The molecule has 5 rings (SSSR count). The highest BCUT2D eigenvalue weighted by atomic mass is 19.1. The van der Waals surface area contributed by atoms with Gasteiger partial charge in [-0.25, -0.2) is 4.39 Å². The molecule has 0 aliphatic rings. The summed E-state index contributed by atoms with van der Waals surface area (Å²) in [5, 5.41) is 12.1. The quantitative estimate of drug-likeness (QED) is 0.393. The Labute approximate surface area is 200 Å². The maximum absolute atomic E-state index is 13.4. The van der Waals surface area contributed by atoms with Crippen molar-refractivity contribution in [2.24, 2.45) is 0 Å². The third kappa shape index (κ3) is 4.68. The van der Waals surface area contributed by atoms with Crippen LogP contribution in [0.15, 0.2) is 77.6 Å². The molecule has 1 amide bonds. The van der Waals surface area contributed by atoms with Gasteiger partial charge >= 0.3 is 0 Å². The number of nitrogens with one attached hydrogen (secondary N) is 1. The predicted molar refractivity (Wildman–Crippen MR) is 132 cm³/mol. The first-order valence-electron chi connectivity index (χ1n) is 11.4. The molecule has 0 aliphatic heterocycles. The molecule has 0 saturated carbocycles. The number of para-hydroxylation sites is 1. The number of halogens is 1. The fourth-order valence-corrected chi connectivity index (χ4v) is 4.11. The molecule has 0 aliphatic carbocycles. The molecule has 35 heavy (non-hydrogen) atoms. The van der Waals surface area contributed by atoms with Crippen molar-refractivity contribution in [3.8, 4) is 0 Å². The first-order chi connectivity index (χ1) is 17.0. The highest BCUT2D eigenvalue weighted by Gasteiger charge is 2.17. The summed E-state index contributed by atoms with van der Waals surface area (Å²) < 4.78 is 16.7. The number of hydrogen-bond acceptors (Lipinski definition) is 4. The van der Waals surface area contributed by atoms with Crippen molar-refractivity contribution in [3.05, 3.63) is 111 Å². The number of aryl methyl sites for hydroxylation is 2. The number of carbonyl (C=O) groups excluding carboxylic acids is 1. The van der Waals surface area contributed by atoms with Gasteiger partial charge in [0.25, 0.3) is 5.56 Å². The standard InChI is InChI=1S/C27H24FN5O2/c1-18-6-8-19(9-7-18)16-29-25(34)15-14-24-30-31-27-32(17-20-10-12-21(28)13-11-20)26(35)22-4-2-3-5-23(22)33(24)27/h2-13H,14-17H2,1H3,(H,29,34). The molecule has 1 N–H and O–H groups in total. The normalized spacial score (nSPS) is 11.3. The molecule has 0 fully saturated rings. The Morgan fingerprint density at radius 3 is 2.43 bits per heavy atom. The van der Waals surface area contributed by atoms with Crippen molar-refractivity contribution in [2.45, 2.75) is 32.9 Å². The van der Waals surface area contributed by atoms with Crippen LogP contribution in [0.1, 0.15) is 28.9 Å². The van der Waals surface area contributed by atoms with Crippen molar-refractivity contribution >= 4 is 22.6 Å². The minimum Gasteiger partial charge on any atom is -0.352 e. The van der Waals surface area contributed by atoms with E-state index >= 15 is 0 Å². The highest BCUT2D eigenvalue weighted by molar-refractivity contribution is 5.80. The van der Waals surface area contributed by atoms with Crippen LogP contribution in [0, 0.1) is 12.7 Å². The van der Waals surface area contributed by atoms with Crippen molar-refractivity contribution < 1.29 is 9.18 Å². The van der Waals surface area contributed by atoms with E-state index in [0.29, 0.717) is 35.5 Å².